The van der Waals surface area contributed by atoms with Gasteiger partial charge in [0, 0.05) is 10.8 Å². The Morgan fingerprint density at radius 1 is 1.44 bits per heavy atom. The van der Waals surface area contributed by atoms with E-state index in [9.17, 15) is 0 Å². The highest BCUT2D eigenvalue weighted by atomic mass is 35.5. The van der Waals surface area contributed by atoms with Gasteiger partial charge in [-0.15, -0.1) is 0 Å². The van der Waals surface area contributed by atoms with Gasteiger partial charge in [0.25, 0.3) is 0 Å². The second-order valence-corrected chi connectivity index (χ2v) is 5.26. The number of thioether (sulfide) groups is 1. The number of benzene rings is 1. The quantitative estimate of drug-likeness (QED) is 0.530. The molecule has 0 bridgehead atoms. The molecule has 2 nitrogen and oxygen atoms in total. The Kier molecular flexibility index (Phi) is 7.00. The maximum absolute atomic E-state index is 8.57. The van der Waals surface area contributed by atoms with Crippen molar-refractivity contribution in [3.05, 3.63) is 28.8 Å². The molecule has 0 aliphatic heterocycles. The van der Waals surface area contributed by atoms with Crippen molar-refractivity contribution in [3.8, 4) is 11.2 Å². The molecule has 0 radical (unpaired) electrons. The van der Waals surface area contributed by atoms with Gasteiger partial charge in [-0.25, -0.2) is 0 Å². The number of ether oxygens (including phenoxy) is 1. The van der Waals surface area contributed by atoms with E-state index in [1.807, 2.05) is 25.1 Å². The van der Waals surface area contributed by atoms with Crippen molar-refractivity contribution >= 4 is 23.4 Å². The van der Waals surface area contributed by atoms with Crippen molar-refractivity contribution < 1.29 is 4.74 Å². The maximum atomic E-state index is 8.57. The Hall–Kier alpha value is -0.850. The second-order valence-electron chi connectivity index (χ2n) is 3.95. The Bertz CT molecular complexity index is 417. The van der Waals surface area contributed by atoms with Crippen LogP contribution in [-0.2, 0) is 0 Å². The summed E-state index contributed by atoms with van der Waals surface area (Å²) in [5, 5.41) is 11.4. The molecule has 0 heterocycles. The van der Waals surface area contributed by atoms with Crippen LogP contribution in [0.4, 0.5) is 0 Å². The first kappa shape index (κ1) is 15.2. The zero-order chi connectivity index (χ0) is 13.4. The highest BCUT2D eigenvalue weighted by Crippen LogP contribution is 2.34. The van der Waals surface area contributed by atoms with Gasteiger partial charge < -0.3 is 4.74 Å². The third kappa shape index (κ3) is 4.44. The van der Waals surface area contributed by atoms with Gasteiger partial charge in [0.1, 0.15) is 11.2 Å². The topological polar surface area (TPSA) is 33.0 Å². The van der Waals surface area contributed by atoms with Crippen molar-refractivity contribution in [1.82, 2.24) is 0 Å². The minimum Gasteiger partial charge on any atom is -0.494 e. The lowest BCUT2D eigenvalue weighted by molar-refractivity contribution is 0.333. The molecule has 98 valence electrons. The fourth-order valence-electron chi connectivity index (χ4n) is 1.95. The van der Waals surface area contributed by atoms with Crippen LogP contribution in [0.3, 0.4) is 0 Å². The first-order valence-electron chi connectivity index (χ1n) is 6.16. The van der Waals surface area contributed by atoms with Gasteiger partial charge in [-0.1, -0.05) is 18.5 Å². The average Bonchev–Trinajstić information content (AvgIpc) is 2.37. The van der Waals surface area contributed by atoms with E-state index in [-0.39, 0.29) is 0 Å². The largest absolute Gasteiger partial charge is 0.494 e. The summed E-state index contributed by atoms with van der Waals surface area (Å²) in [7, 11) is 0. The Morgan fingerprint density at radius 2 is 2.22 bits per heavy atom. The molecular weight excluding hydrogens is 266 g/mol. The highest BCUT2D eigenvalue weighted by Gasteiger charge is 2.15. The standard InChI is InChI=1S/C14H18ClNOS/c1-3-11(7-8-18-10-16)13-9-12(15)5-6-14(13)17-4-2/h5-6,9,11H,3-4,7-8H2,1-2H3. The Labute approximate surface area is 118 Å². The fourth-order valence-corrected chi connectivity index (χ4v) is 2.63. The zero-order valence-corrected chi connectivity index (χ0v) is 12.4. The predicted octanol–water partition coefficient (Wildman–Crippen LogP) is 4.84. The SMILES string of the molecule is CCOc1ccc(Cl)cc1C(CC)CCSC#N. The third-order valence-electron chi connectivity index (χ3n) is 2.84. The van der Waals surface area contributed by atoms with E-state index < -0.39 is 0 Å². The molecule has 1 aromatic rings. The molecule has 0 aliphatic carbocycles. The van der Waals surface area contributed by atoms with Gasteiger partial charge in [0.2, 0.25) is 0 Å². The first-order chi connectivity index (χ1) is 8.72. The summed E-state index contributed by atoms with van der Waals surface area (Å²) in [5.41, 5.74) is 1.16. The van der Waals surface area contributed by atoms with Gasteiger partial charge in [0.15, 0.2) is 0 Å². The molecule has 0 saturated carbocycles. The lowest BCUT2D eigenvalue weighted by Gasteiger charge is -2.18. The molecule has 1 aromatic carbocycles. The Morgan fingerprint density at radius 3 is 2.83 bits per heavy atom. The molecule has 0 saturated heterocycles. The maximum Gasteiger partial charge on any atom is 0.133 e. The lowest BCUT2D eigenvalue weighted by Crippen LogP contribution is -2.03. The highest BCUT2D eigenvalue weighted by molar-refractivity contribution is 8.03. The van der Waals surface area contributed by atoms with Crippen molar-refractivity contribution in [3.63, 3.8) is 0 Å². The van der Waals surface area contributed by atoms with E-state index >= 15 is 0 Å². The van der Waals surface area contributed by atoms with E-state index in [4.69, 9.17) is 21.6 Å². The van der Waals surface area contributed by atoms with Gasteiger partial charge in [-0.05, 0) is 61.2 Å². The van der Waals surface area contributed by atoms with Gasteiger partial charge in [-0.3, -0.25) is 0 Å². The molecule has 0 amide bonds. The zero-order valence-electron chi connectivity index (χ0n) is 10.8. The monoisotopic (exact) mass is 283 g/mol. The number of nitriles is 1. The third-order valence-corrected chi connectivity index (χ3v) is 3.64. The van der Waals surface area contributed by atoms with Crippen LogP contribution in [0.25, 0.3) is 0 Å². The van der Waals surface area contributed by atoms with Crippen LogP contribution >= 0.6 is 23.4 Å². The van der Waals surface area contributed by atoms with E-state index in [0.717, 1.165) is 34.9 Å². The van der Waals surface area contributed by atoms with E-state index in [0.29, 0.717) is 12.5 Å². The molecule has 1 rings (SSSR count). The predicted molar refractivity (Wildman–Crippen MR) is 78.3 cm³/mol. The average molecular weight is 284 g/mol. The number of nitrogens with zero attached hydrogens (tertiary/aromatic N) is 1. The second kappa shape index (κ2) is 8.29. The molecule has 0 aliphatic rings. The van der Waals surface area contributed by atoms with Crippen LogP contribution in [0, 0.1) is 10.7 Å². The smallest absolute Gasteiger partial charge is 0.133 e. The van der Waals surface area contributed by atoms with Crippen LogP contribution in [0.15, 0.2) is 18.2 Å². The summed E-state index contributed by atoms with van der Waals surface area (Å²) in [6.45, 7) is 4.78. The van der Waals surface area contributed by atoms with Crippen molar-refractivity contribution in [2.75, 3.05) is 12.4 Å². The van der Waals surface area contributed by atoms with Gasteiger partial charge in [0.05, 0.1) is 6.61 Å². The number of hydrogen-bond acceptors (Lipinski definition) is 3. The molecular formula is C14H18ClNOS. The minimum absolute atomic E-state index is 0.395. The molecule has 1 unspecified atom stereocenters. The molecule has 0 spiro atoms. The molecule has 0 fully saturated rings. The minimum atomic E-state index is 0.395. The number of hydrogen-bond donors (Lipinski definition) is 0. The summed E-state index contributed by atoms with van der Waals surface area (Å²) >= 11 is 7.37. The summed E-state index contributed by atoms with van der Waals surface area (Å²) in [6, 6.07) is 5.77. The van der Waals surface area contributed by atoms with Crippen LogP contribution in [-0.4, -0.2) is 12.4 Å². The number of rotatable bonds is 7. The molecule has 1 atom stereocenters. The summed E-state index contributed by atoms with van der Waals surface area (Å²) in [5.74, 6) is 2.15. The van der Waals surface area contributed by atoms with Crippen LogP contribution in [0.2, 0.25) is 5.02 Å². The van der Waals surface area contributed by atoms with Crippen molar-refractivity contribution in [1.29, 1.82) is 5.26 Å². The van der Waals surface area contributed by atoms with E-state index in [1.165, 1.54) is 11.8 Å². The first-order valence-corrected chi connectivity index (χ1v) is 7.52. The number of thiocyanates is 1. The fraction of sp³-hybridized carbons (Fsp3) is 0.500. The molecule has 18 heavy (non-hydrogen) atoms. The van der Waals surface area contributed by atoms with Crippen LogP contribution < -0.4 is 4.74 Å². The van der Waals surface area contributed by atoms with E-state index in [1.54, 1.807) is 0 Å². The lowest BCUT2D eigenvalue weighted by atomic mass is 9.93. The summed E-state index contributed by atoms with van der Waals surface area (Å²) in [6.07, 6.45) is 1.99. The Balaban J connectivity index is 2.88. The normalized spacial score (nSPS) is 11.9. The van der Waals surface area contributed by atoms with Gasteiger partial charge in [-0.2, -0.15) is 5.26 Å². The van der Waals surface area contributed by atoms with Crippen LogP contribution in [0.1, 0.15) is 38.2 Å². The number of halogens is 1. The molecule has 4 heteroatoms. The van der Waals surface area contributed by atoms with Crippen LogP contribution in [0.5, 0.6) is 5.75 Å². The van der Waals surface area contributed by atoms with E-state index in [2.05, 4.69) is 12.3 Å². The van der Waals surface area contributed by atoms with Crippen molar-refractivity contribution in [2.45, 2.75) is 32.6 Å². The summed E-state index contributed by atoms with van der Waals surface area (Å²) < 4.78 is 5.65. The summed E-state index contributed by atoms with van der Waals surface area (Å²) in [4.78, 5) is 0. The molecule has 0 aromatic heterocycles. The van der Waals surface area contributed by atoms with Gasteiger partial charge >= 0.3 is 0 Å². The van der Waals surface area contributed by atoms with Crippen molar-refractivity contribution in [2.24, 2.45) is 0 Å². The molecule has 0 N–H and O–H groups in total.